The number of anilines is 1. The highest BCUT2D eigenvalue weighted by atomic mass is 16.3. The van der Waals surface area contributed by atoms with Crippen LogP contribution in [0, 0.1) is 6.92 Å². The lowest BCUT2D eigenvalue weighted by Gasteiger charge is -2.20. The number of aromatic nitrogens is 2. The van der Waals surface area contributed by atoms with Crippen LogP contribution in [0.15, 0.2) is 49.2 Å². The molecule has 6 heteroatoms. The zero-order valence-corrected chi connectivity index (χ0v) is 13.1. The normalized spacial score (nSPS) is 10.2. The molecule has 6 nitrogen and oxygen atoms in total. The Bertz CT molecular complexity index is 671. The van der Waals surface area contributed by atoms with Gasteiger partial charge in [-0.3, -0.25) is 0 Å². The largest absolute Gasteiger partial charge is 0.395 e. The van der Waals surface area contributed by atoms with Crippen molar-refractivity contribution in [1.82, 2.24) is 14.9 Å². The highest BCUT2D eigenvalue weighted by Crippen LogP contribution is 2.18. The van der Waals surface area contributed by atoms with E-state index in [1.54, 1.807) is 24.4 Å². The second kappa shape index (κ2) is 8.05. The summed E-state index contributed by atoms with van der Waals surface area (Å²) in [5.41, 5.74) is 2.44. The zero-order valence-electron chi connectivity index (χ0n) is 13.1. The van der Waals surface area contributed by atoms with Gasteiger partial charge in [0.2, 0.25) is 0 Å². The van der Waals surface area contributed by atoms with Gasteiger partial charge in [0.15, 0.2) is 5.82 Å². The summed E-state index contributed by atoms with van der Waals surface area (Å²) in [5, 5.41) is 11.8. The lowest BCUT2D eigenvalue weighted by Crippen LogP contribution is -2.37. The van der Waals surface area contributed by atoms with Gasteiger partial charge in [0.05, 0.1) is 6.61 Å². The molecule has 2 amide bonds. The number of aliphatic hydroxyl groups is 1. The molecule has 0 bridgehead atoms. The van der Waals surface area contributed by atoms with Crippen LogP contribution in [0.4, 0.5) is 10.5 Å². The second-order valence-electron chi connectivity index (χ2n) is 4.99. The van der Waals surface area contributed by atoms with Crippen molar-refractivity contribution in [2.45, 2.75) is 6.92 Å². The standard InChI is InChI=1S/C17H20N4O2/c1-3-10-21(11-12-22)17(23)20-15-6-4-14(5-7-15)16-18-9-8-13(2)19-16/h3-9,22H,1,10-12H2,2H3,(H,20,23). The average Bonchev–Trinajstić information content (AvgIpc) is 2.55. The van der Waals surface area contributed by atoms with Crippen molar-refractivity contribution in [3.8, 4) is 11.4 Å². The summed E-state index contributed by atoms with van der Waals surface area (Å²) < 4.78 is 0. The molecule has 0 spiro atoms. The third-order valence-electron chi connectivity index (χ3n) is 3.20. The van der Waals surface area contributed by atoms with E-state index in [9.17, 15) is 4.79 Å². The van der Waals surface area contributed by atoms with Crippen molar-refractivity contribution in [1.29, 1.82) is 0 Å². The Morgan fingerprint density at radius 2 is 2.09 bits per heavy atom. The highest BCUT2D eigenvalue weighted by molar-refractivity contribution is 5.89. The maximum absolute atomic E-state index is 12.1. The van der Waals surface area contributed by atoms with Gasteiger partial charge in [-0.05, 0) is 37.3 Å². The number of nitrogens with zero attached hydrogens (tertiary/aromatic N) is 3. The Morgan fingerprint density at radius 3 is 2.70 bits per heavy atom. The predicted molar refractivity (Wildman–Crippen MR) is 90.1 cm³/mol. The summed E-state index contributed by atoms with van der Waals surface area (Å²) in [5.74, 6) is 0.649. The Labute approximate surface area is 135 Å². The van der Waals surface area contributed by atoms with E-state index < -0.39 is 0 Å². The summed E-state index contributed by atoms with van der Waals surface area (Å²) in [4.78, 5) is 22.2. The molecule has 1 aromatic heterocycles. The van der Waals surface area contributed by atoms with Crippen LogP contribution < -0.4 is 5.32 Å². The lowest BCUT2D eigenvalue weighted by atomic mass is 10.2. The Kier molecular flexibility index (Phi) is 5.82. The molecule has 0 saturated heterocycles. The highest BCUT2D eigenvalue weighted by Gasteiger charge is 2.11. The number of aryl methyl sites for hydroxylation is 1. The van der Waals surface area contributed by atoms with E-state index >= 15 is 0 Å². The summed E-state index contributed by atoms with van der Waals surface area (Å²) in [6.45, 7) is 6.06. The molecule has 120 valence electrons. The molecule has 1 heterocycles. The summed E-state index contributed by atoms with van der Waals surface area (Å²) >= 11 is 0. The molecule has 0 unspecified atom stereocenters. The third-order valence-corrected chi connectivity index (χ3v) is 3.20. The van der Waals surface area contributed by atoms with Gasteiger partial charge in [0.25, 0.3) is 0 Å². The van der Waals surface area contributed by atoms with Crippen LogP contribution >= 0.6 is 0 Å². The number of rotatable bonds is 6. The summed E-state index contributed by atoms with van der Waals surface area (Å²) in [6.07, 6.45) is 3.34. The van der Waals surface area contributed by atoms with E-state index in [0.717, 1.165) is 11.3 Å². The number of amides is 2. The van der Waals surface area contributed by atoms with E-state index in [0.29, 0.717) is 18.1 Å². The average molecular weight is 312 g/mol. The molecule has 0 fully saturated rings. The van der Waals surface area contributed by atoms with Crippen LogP contribution in [0.2, 0.25) is 0 Å². The number of hydrogen-bond donors (Lipinski definition) is 2. The van der Waals surface area contributed by atoms with E-state index in [4.69, 9.17) is 5.11 Å². The van der Waals surface area contributed by atoms with Crippen LogP contribution in [0.5, 0.6) is 0 Å². The molecule has 0 atom stereocenters. The topological polar surface area (TPSA) is 78.4 Å². The summed E-state index contributed by atoms with van der Waals surface area (Å²) in [6, 6.07) is 8.86. The molecule has 2 aromatic rings. The number of benzene rings is 1. The predicted octanol–water partition coefficient (Wildman–Crippen LogP) is 2.46. The number of hydrogen-bond acceptors (Lipinski definition) is 4. The number of urea groups is 1. The second-order valence-corrected chi connectivity index (χ2v) is 4.99. The molecule has 23 heavy (non-hydrogen) atoms. The SMILES string of the molecule is C=CCN(CCO)C(=O)Nc1ccc(-c2nccc(C)n2)cc1. The molecule has 1 aromatic carbocycles. The molecule has 2 N–H and O–H groups in total. The van der Waals surface area contributed by atoms with Crippen LogP contribution in [-0.2, 0) is 0 Å². The molecule has 0 aliphatic rings. The fourth-order valence-corrected chi connectivity index (χ4v) is 2.05. The molecular weight excluding hydrogens is 292 g/mol. The van der Waals surface area contributed by atoms with E-state index in [1.807, 2.05) is 25.1 Å². The number of nitrogens with one attached hydrogen (secondary N) is 1. The van der Waals surface area contributed by atoms with Crippen molar-refractivity contribution in [2.75, 3.05) is 25.0 Å². The van der Waals surface area contributed by atoms with Crippen molar-refractivity contribution >= 4 is 11.7 Å². The van der Waals surface area contributed by atoms with E-state index in [2.05, 4.69) is 21.9 Å². The molecule has 0 saturated carbocycles. The summed E-state index contributed by atoms with van der Waals surface area (Å²) in [7, 11) is 0. The smallest absolute Gasteiger partial charge is 0.322 e. The Balaban J connectivity index is 2.07. The van der Waals surface area contributed by atoms with Gasteiger partial charge in [0, 0.05) is 36.2 Å². The molecule has 2 rings (SSSR count). The minimum atomic E-state index is -0.279. The van der Waals surface area contributed by atoms with Crippen molar-refractivity contribution in [3.63, 3.8) is 0 Å². The first-order valence-corrected chi connectivity index (χ1v) is 7.32. The van der Waals surface area contributed by atoms with Gasteiger partial charge < -0.3 is 15.3 Å². The van der Waals surface area contributed by atoms with Gasteiger partial charge in [-0.1, -0.05) is 6.08 Å². The Morgan fingerprint density at radius 1 is 1.35 bits per heavy atom. The molecule has 0 aliphatic heterocycles. The van der Waals surface area contributed by atoms with E-state index in [1.165, 1.54) is 4.90 Å². The number of carbonyl (C=O) groups excluding carboxylic acids is 1. The third kappa shape index (κ3) is 4.62. The molecule has 0 radical (unpaired) electrons. The minimum Gasteiger partial charge on any atom is -0.395 e. The molecule has 0 aliphatic carbocycles. The number of aliphatic hydroxyl groups excluding tert-OH is 1. The first-order chi connectivity index (χ1) is 11.1. The molecular formula is C17H20N4O2. The first kappa shape index (κ1) is 16.6. The maximum Gasteiger partial charge on any atom is 0.322 e. The quantitative estimate of drug-likeness (QED) is 0.803. The van der Waals surface area contributed by atoms with Crippen LogP contribution in [0.1, 0.15) is 5.69 Å². The van der Waals surface area contributed by atoms with Gasteiger partial charge in [-0.25, -0.2) is 14.8 Å². The van der Waals surface area contributed by atoms with Gasteiger partial charge in [-0.2, -0.15) is 0 Å². The van der Waals surface area contributed by atoms with Crippen molar-refractivity contribution in [3.05, 3.63) is 54.9 Å². The van der Waals surface area contributed by atoms with E-state index in [-0.39, 0.29) is 19.2 Å². The van der Waals surface area contributed by atoms with Gasteiger partial charge in [0.1, 0.15) is 0 Å². The maximum atomic E-state index is 12.1. The van der Waals surface area contributed by atoms with Gasteiger partial charge in [-0.15, -0.1) is 6.58 Å². The monoisotopic (exact) mass is 312 g/mol. The fraction of sp³-hybridized carbons (Fsp3) is 0.235. The first-order valence-electron chi connectivity index (χ1n) is 7.32. The fourth-order valence-electron chi connectivity index (χ4n) is 2.05. The lowest BCUT2D eigenvalue weighted by molar-refractivity contribution is 0.195. The van der Waals surface area contributed by atoms with Crippen molar-refractivity contribution < 1.29 is 9.90 Å². The minimum absolute atomic E-state index is 0.0924. The number of carbonyl (C=O) groups is 1. The van der Waals surface area contributed by atoms with Crippen LogP contribution in [0.25, 0.3) is 11.4 Å². The zero-order chi connectivity index (χ0) is 16.7. The Hall–Kier alpha value is -2.73. The van der Waals surface area contributed by atoms with Crippen LogP contribution in [0.3, 0.4) is 0 Å². The van der Waals surface area contributed by atoms with Crippen molar-refractivity contribution in [2.24, 2.45) is 0 Å². The van der Waals surface area contributed by atoms with Crippen LogP contribution in [-0.4, -0.2) is 45.7 Å². The van der Waals surface area contributed by atoms with Gasteiger partial charge >= 0.3 is 6.03 Å².